The number of nitrogens with one attached hydrogen (secondary N) is 2. The second-order valence-corrected chi connectivity index (χ2v) is 4.87. The molecule has 0 bridgehead atoms. The lowest BCUT2D eigenvalue weighted by molar-refractivity contribution is 0.252. The summed E-state index contributed by atoms with van der Waals surface area (Å²) in [5, 5.41) is 5.30. The number of carbonyl (C=O) groups excluding carboxylic acids is 1. The Kier molecular flexibility index (Phi) is 4.01. The van der Waals surface area contributed by atoms with Crippen LogP contribution in [0, 0.1) is 0 Å². The quantitative estimate of drug-likeness (QED) is 0.644. The van der Waals surface area contributed by atoms with Crippen LogP contribution in [0.2, 0.25) is 0 Å². The van der Waals surface area contributed by atoms with Crippen molar-refractivity contribution in [3.05, 3.63) is 42.6 Å². The summed E-state index contributed by atoms with van der Waals surface area (Å²) in [6.07, 6.45) is 1.66. The van der Waals surface area contributed by atoms with E-state index in [1.165, 1.54) is 0 Å². The van der Waals surface area contributed by atoms with Crippen molar-refractivity contribution in [1.29, 1.82) is 0 Å². The van der Waals surface area contributed by atoms with Crippen molar-refractivity contribution in [2.75, 3.05) is 17.6 Å². The van der Waals surface area contributed by atoms with Crippen LogP contribution in [-0.2, 0) is 0 Å². The van der Waals surface area contributed by atoms with Gasteiger partial charge in [-0.15, -0.1) is 0 Å². The number of urea groups is 1. The minimum atomic E-state index is -0.309. The molecule has 116 valence electrons. The molecule has 23 heavy (non-hydrogen) atoms. The Morgan fingerprint density at radius 2 is 2.00 bits per heavy atom. The SMILES string of the molecule is CCNC(=O)Nc1ccc2ncc(-c3ccccc3N)nc2n1. The Morgan fingerprint density at radius 3 is 2.78 bits per heavy atom. The zero-order valence-corrected chi connectivity index (χ0v) is 12.6. The van der Waals surface area contributed by atoms with Crippen LogP contribution in [0.1, 0.15) is 6.92 Å². The van der Waals surface area contributed by atoms with Crippen molar-refractivity contribution >= 4 is 28.7 Å². The summed E-state index contributed by atoms with van der Waals surface area (Å²) < 4.78 is 0. The third-order valence-corrected chi connectivity index (χ3v) is 3.22. The Morgan fingerprint density at radius 1 is 1.17 bits per heavy atom. The van der Waals surface area contributed by atoms with Gasteiger partial charge >= 0.3 is 6.03 Å². The van der Waals surface area contributed by atoms with E-state index in [1.54, 1.807) is 18.3 Å². The molecule has 0 aliphatic heterocycles. The van der Waals surface area contributed by atoms with Gasteiger partial charge in [-0.3, -0.25) is 10.3 Å². The highest BCUT2D eigenvalue weighted by Crippen LogP contribution is 2.24. The number of benzene rings is 1. The Hall–Kier alpha value is -3.22. The largest absolute Gasteiger partial charge is 0.398 e. The number of hydrogen-bond acceptors (Lipinski definition) is 5. The predicted molar refractivity (Wildman–Crippen MR) is 89.9 cm³/mol. The fourth-order valence-electron chi connectivity index (χ4n) is 2.15. The second-order valence-electron chi connectivity index (χ2n) is 4.87. The van der Waals surface area contributed by atoms with E-state index < -0.39 is 0 Å². The van der Waals surface area contributed by atoms with E-state index in [0.29, 0.717) is 34.9 Å². The lowest BCUT2D eigenvalue weighted by Crippen LogP contribution is -2.28. The fraction of sp³-hybridized carbons (Fsp3) is 0.125. The molecule has 7 nitrogen and oxygen atoms in total. The monoisotopic (exact) mass is 308 g/mol. The first kappa shape index (κ1) is 14.7. The number of nitrogens with zero attached hydrogens (tertiary/aromatic N) is 3. The maximum absolute atomic E-state index is 11.6. The molecule has 3 aromatic rings. The van der Waals surface area contributed by atoms with Gasteiger partial charge in [0.2, 0.25) is 0 Å². The van der Waals surface area contributed by atoms with Gasteiger partial charge in [-0.1, -0.05) is 18.2 Å². The molecule has 0 saturated carbocycles. The van der Waals surface area contributed by atoms with Crippen molar-refractivity contribution in [3.63, 3.8) is 0 Å². The third-order valence-electron chi connectivity index (χ3n) is 3.22. The molecular formula is C16H16N6O. The first-order valence-corrected chi connectivity index (χ1v) is 7.21. The number of anilines is 2. The van der Waals surface area contributed by atoms with Crippen molar-refractivity contribution in [1.82, 2.24) is 20.3 Å². The zero-order valence-electron chi connectivity index (χ0n) is 12.6. The maximum atomic E-state index is 11.6. The molecule has 0 aliphatic carbocycles. The molecule has 7 heteroatoms. The molecule has 0 radical (unpaired) electrons. The van der Waals surface area contributed by atoms with Crippen LogP contribution in [0.3, 0.4) is 0 Å². The number of aromatic nitrogens is 3. The van der Waals surface area contributed by atoms with Gasteiger partial charge in [0.25, 0.3) is 0 Å². The third kappa shape index (κ3) is 3.18. The summed E-state index contributed by atoms with van der Waals surface area (Å²) in [5.41, 5.74) is 9.12. The molecule has 0 unspecified atom stereocenters. The van der Waals surface area contributed by atoms with Gasteiger partial charge in [0, 0.05) is 17.8 Å². The highest BCUT2D eigenvalue weighted by atomic mass is 16.2. The summed E-state index contributed by atoms with van der Waals surface area (Å²) in [7, 11) is 0. The molecule has 0 saturated heterocycles. The Balaban J connectivity index is 1.98. The van der Waals surface area contributed by atoms with Crippen molar-refractivity contribution < 1.29 is 4.79 Å². The molecule has 2 amide bonds. The summed E-state index contributed by atoms with van der Waals surface area (Å²) in [6, 6.07) is 10.6. The van der Waals surface area contributed by atoms with Crippen LogP contribution in [0.5, 0.6) is 0 Å². The molecule has 4 N–H and O–H groups in total. The van der Waals surface area contributed by atoms with Crippen LogP contribution in [0.15, 0.2) is 42.6 Å². The number of para-hydroxylation sites is 1. The number of pyridine rings is 1. The second kappa shape index (κ2) is 6.27. The summed E-state index contributed by atoms with van der Waals surface area (Å²) >= 11 is 0. The number of carbonyl (C=O) groups is 1. The maximum Gasteiger partial charge on any atom is 0.320 e. The van der Waals surface area contributed by atoms with Gasteiger partial charge in [-0.2, -0.15) is 0 Å². The summed E-state index contributed by atoms with van der Waals surface area (Å²) in [4.78, 5) is 24.7. The summed E-state index contributed by atoms with van der Waals surface area (Å²) in [5.74, 6) is 0.413. The molecule has 3 rings (SSSR count). The number of amides is 2. The molecule has 0 atom stereocenters. The number of fused-ring (bicyclic) bond motifs is 1. The number of nitrogens with two attached hydrogens (primary N) is 1. The lowest BCUT2D eigenvalue weighted by atomic mass is 10.1. The normalized spacial score (nSPS) is 10.5. The first-order chi connectivity index (χ1) is 11.2. The topological polar surface area (TPSA) is 106 Å². The Bertz CT molecular complexity index is 864. The smallest absolute Gasteiger partial charge is 0.320 e. The van der Waals surface area contributed by atoms with Gasteiger partial charge in [0.15, 0.2) is 5.65 Å². The lowest BCUT2D eigenvalue weighted by Gasteiger charge is -2.07. The fourth-order valence-corrected chi connectivity index (χ4v) is 2.15. The molecule has 0 aliphatic rings. The van der Waals surface area contributed by atoms with E-state index in [-0.39, 0.29) is 6.03 Å². The molecular weight excluding hydrogens is 292 g/mol. The van der Waals surface area contributed by atoms with E-state index in [0.717, 1.165) is 5.56 Å². The van der Waals surface area contributed by atoms with Crippen LogP contribution < -0.4 is 16.4 Å². The molecule has 2 heterocycles. The minimum absolute atomic E-state index is 0.309. The highest BCUT2D eigenvalue weighted by Gasteiger charge is 2.08. The summed E-state index contributed by atoms with van der Waals surface area (Å²) in [6.45, 7) is 2.38. The minimum Gasteiger partial charge on any atom is -0.398 e. The standard InChI is InChI=1S/C16H16N6O/c1-2-18-16(23)22-14-8-7-12-15(21-14)20-13(9-19-12)10-5-3-4-6-11(10)17/h3-9H,2,17H2,1H3,(H2,18,20,21,22,23). The average molecular weight is 308 g/mol. The number of rotatable bonds is 3. The molecule has 2 aromatic heterocycles. The molecule has 0 fully saturated rings. The predicted octanol–water partition coefficient (Wildman–Crippen LogP) is 2.42. The van der Waals surface area contributed by atoms with Gasteiger partial charge in [-0.05, 0) is 25.1 Å². The van der Waals surface area contributed by atoms with E-state index in [9.17, 15) is 4.79 Å². The van der Waals surface area contributed by atoms with Crippen molar-refractivity contribution in [2.45, 2.75) is 6.92 Å². The van der Waals surface area contributed by atoms with E-state index >= 15 is 0 Å². The molecule has 0 spiro atoms. The zero-order chi connectivity index (χ0) is 16.2. The van der Waals surface area contributed by atoms with Crippen LogP contribution in [0.25, 0.3) is 22.4 Å². The van der Waals surface area contributed by atoms with E-state index in [2.05, 4.69) is 25.6 Å². The van der Waals surface area contributed by atoms with Crippen molar-refractivity contribution in [3.8, 4) is 11.3 Å². The Labute approximate surface area is 133 Å². The van der Waals surface area contributed by atoms with Crippen LogP contribution in [-0.4, -0.2) is 27.5 Å². The van der Waals surface area contributed by atoms with E-state index in [1.807, 2.05) is 31.2 Å². The number of nitrogen functional groups attached to an aromatic ring is 1. The molecule has 1 aromatic carbocycles. The van der Waals surface area contributed by atoms with Crippen molar-refractivity contribution in [2.24, 2.45) is 0 Å². The van der Waals surface area contributed by atoms with Gasteiger partial charge < -0.3 is 11.1 Å². The highest BCUT2D eigenvalue weighted by molar-refractivity contribution is 5.89. The first-order valence-electron chi connectivity index (χ1n) is 7.21. The van der Waals surface area contributed by atoms with E-state index in [4.69, 9.17) is 5.73 Å². The van der Waals surface area contributed by atoms with Gasteiger partial charge in [0.05, 0.1) is 11.9 Å². The van der Waals surface area contributed by atoms with Gasteiger partial charge in [0.1, 0.15) is 11.3 Å². The van der Waals surface area contributed by atoms with Crippen LogP contribution >= 0.6 is 0 Å². The van der Waals surface area contributed by atoms with Crippen LogP contribution in [0.4, 0.5) is 16.3 Å². The average Bonchev–Trinajstić information content (AvgIpc) is 2.55. The number of hydrogen-bond donors (Lipinski definition) is 3. The van der Waals surface area contributed by atoms with Gasteiger partial charge in [-0.25, -0.2) is 14.8 Å².